The molecule has 1 heteroatoms. The van der Waals surface area contributed by atoms with Crippen molar-refractivity contribution in [1.82, 2.24) is 0 Å². The van der Waals surface area contributed by atoms with Crippen molar-refractivity contribution in [3.8, 4) is 0 Å². The molecule has 3 atom stereocenters. The van der Waals surface area contributed by atoms with Crippen molar-refractivity contribution in [2.45, 2.75) is 38.7 Å². The number of hydrogen-bond acceptors (Lipinski definition) is 1. The van der Waals surface area contributed by atoms with Crippen molar-refractivity contribution in [2.24, 2.45) is 11.8 Å². The summed E-state index contributed by atoms with van der Waals surface area (Å²) in [6, 6.07) is 10.7. The maximum absolute atomic E-state index is 6.02. The van der Waals surface area contributed by atoms with Crippen molar-refractivity contribution < 1.29 is 4.74 Å². The molecule has 1 saturated carbocycles. The summed E-state index contributed by atoms with van der Waals surface area (Å²) in [6.45, 7) is 3.21. The monoisotopic (exact) mass is 242 g/mol. The molecule has 1 nitrogen and oxygen atoms in total. The zero-order valence-electron chi connectivity index (χ0n) is 11.1. The van der Waals surface area contributed by atoms with Gasteiger partial charge in [0.1, 0.15) is 0 Å². The normalized spacial score (nSPS) is 34.3. The van der Waals surface area contributed by atoms with Crippen LogP contribution in [-0.4, -0.2) is 12.7 Å². The van der Waals surface area contributed by atoms with Crippen molar-refractivity contribution in [2.75, 3.05) is 6.61 Å². The molecule has 2 aliphatic rings. The highest BCUT2D eigenvalue weighted by atomic mass is 16.5. The Morgan fingerprint density at radius 1 is 1.11 bits per heavy atom. The fraction of sp³-hybridized carbons (Fsp3) is 0.529. The van der Waals surface area contributed by atoms with Crippen LogP contribution in [0.1, 0.15) is 38.2 Å². The Kier molecular flexibility index (Phi) is 3.51. The van der Waals surface area contributed by atoms with Crippen LogP contribution < -0.4 is 0 Å². The Balaban J connectivity index is 1.89. The SMILES string of the molecule is C[C@H]1CO[C@@H]2CCCC[C@H]2C1=Cc1ccccc1. The molecule has 2 fully saturated rings. The zero-order chi connectivity index (χ0) is 12.4. The molecule has 96 valence electrons. The molecule has 1 saturated heterocycles. The molecular weight excluding hydrogens is 220 g/mol. The van der Waals surface area contributed by atoms with Crippen LogP contribution >= 0.6 is 0 Å². The third-order valence-electron chi connectivity index (χ3n) is 4.39. The summed E-state index contributed by atoms with van der Waals surface area (Å²) in [7, 11) is 0. The second kappa shape index (κ2) is 5.27. The molecule has 1 aromatic rings. The summed E-state index contributed by atoms with van der Waals surface area (Å²) in [5.74, 6) is 1.24. The standard InChI is InChI=1S/C17H22O/c1-13-12-18-17-10-6-5-9-15(17)16(13)11-14-7-3-2-4-8-14/h2-4,7-8,11,13,15,17H,5-6,9-10,12H2,1H3/t13-,15-,17+/m0/s1. The van der Waals surface area contributed by atoms with Gasteiger partial charge in [-0.2, -0.15) is 0 Å². The third kappa shape index (κ3) is 2.37. The quantitative estimate of drug-likeness (QED) is 0.713. The first-order valence-corrected chi connectivity index (χ1v) is 7.23. The first kappa shape index (κ1) is 12.0. The summed E-state index contributed by atoms with van der Waals surface area (Å²) >= 11 is 0. The highest BCUT2D eigenvalue weighted by Gasteiger charge is 2.35. The fourth-order valence-electron chi connectivity index (χ4n) is 3.40. The van der Waals surface area contributed by atoms with Crippen LogP contribution in [0.2, 0.25) is 0 Å². The first-order chi connectivity index (χ1) is 8.84. The lowest BCUT2D eigenvalue weighted by atomic mass is 9.75. The van der Waals surface area contributed by atoms with Crippen LogP contribution in [0.15, 0.2) is 35.9 Å². The van der Waals surface area contributed by atoms with Gasteiger partial charge in [-0.15, -0.1) is 0 Å². The minimum Gasteiger partial charge on any atom is -0.377 e. The van der Waals surface area contributed by atoms with Crippen LogP contribution in [0.3, 0.4) is 0 Å². The molecule has 0 bridgehead atoms. The second-order valence-electron chi connectivity index (χ2n) is 5.72. The number of rotatable bonds is 1. The number of fused-ring (bicyclic) bond motifs is 1. The van der Waals surface area contributed by atoms with Gasteiger partial charge in [0.15, 0.2) is 0 Å². The van der Waals surface area contributed by atoms with Gasteiger partial charge in [0.2, 0.25) is 0 Å². The van der Waals surface area contributed by atoms with Gasteiger partial charge in [-0.1, -0.05) is 61.7 Å². The number of ether oxygens (including phenoxy) is 1. The van der Waals surface area contributed by atoms with E-state index in [0.717, 1.165) is 6.61 Å². The summed E-state index contributed by atoms with van der Waals surface area (Å²) in [5, 5.41) is 0. The van der Waals surface area contributed by atoms with E-state index in [4.69, 9.17) is 4.74 Å². The van der Waals surface area contributed by atoms with E-state index in [9.17, 15) is 0 Å². The van der Waals surface area contributed by atoms with Crippen molar-refractivity contribution in [3.63, 3.8) is 0 Å². The number of benzene rings is 1. The van der Waals surface area contributed by atoms with Crippen LogP contribution in [0.5, 0.6) is 0 Å². The van der Waals surface area contributed by atoms with Crippen molar-refractivity contribution in [3.05, 3.63) is 41.5 Å². The fourth-order valence-corrected chi connectivity index (χ4v) is 3.40. The largest absolute Gasteiger partial charge is 0.377 e. The van der Waals surface area contributed by atoms with E-state index in [2.05, 4.69) is 43.3 Å². The Hall–Kier alpha value is -1.08. The Bertz CT molecular complexity index is 420. The summed E-state index contributed by atoms with van der Waals surface area (Å²) in [4.78, 5) is 0. The summed E-state index contributed by atoms with van der Waals surface area (Å²) < 4.78 is 6.02. The van der Waals surface area contributed by atoms with Gasteiger partial charge in [0, 0.05) is 11.8 Å². The minimum atomic E-state index is 0.491. The molecular formula is C17H22O. The Morgan fingerprint density at radius 2 is 1.89 bits per heavy atom. The van der Waals surface area contributed by atoms with Gasteiger partial charge >= 0.3 is 0 Å². The number of hydrogen-bond donors (Lipinski definition) is 0. The summed E-state index contributed by atoms with van der Waals surface area (Å²) in [6.07, 6.45) is 8.18. The van der Waals surface area contributed by atoms with Gasteiger partial charge in [-0.05, 0) is 18.4 Å². The van der Waals surface area contributed by atoms with Crippen LogP contribution in [0.4, 0.5) is 0 Å². The van der Waals surface area contributed by atoms with E-state index in [1.165, 1.54) is 31.2 Å². The van der Waals surface area contributed by atoms with E-state index < -0.39 is 0 Å². The van der Waals surface area contributed by atoms with Gasteiger partial charge < -0.3 is 4.74 Å². The molecule has 1 heterocycles. The molecule has 18 heavy (non-hydrogen) atoms. The molecule has 0 radical (unpaired) electrons. The van der Waals surface area contributed by atoms with E-state index in [1.54, 1.807) is 5.57 Å². The first-order valence-electron chi connectivity index (χ1n) is 7.23. The molecule has 0 unspecified atom stereocenters. The van der Waals surface area contributed by atoms with Crippen LogP contribution in [0.25, 0.3) is 6.08 Å². The van der Waals surface area contributed by atoms with Gasteiger partial charge in [0.25, 0.3) is 0 Å². The molecule has 1 aromatic carbocycles. The molecule has 1 aliphatic heterocycles. The Labute approximate surface area is 110 Å². The predicted molar refractivity (Wildman–Crippen MR) is 75.3 cm³/mol. The van der Waals surface area contributed by atoms with Crippen molar-refractivity contribution in [1.29, 1.82) is 0 Å². The van der Waals surface area contributed by atoms with Crippen LogP contribution in [-0.2, 0) is 4.74 Å². The second-order valence-corrected chi connectivity index (χ2v) is 5.72. The van der Waals surface area contributed by atoms with E-state index >= 15 is 0 Å². The van der Waals surface area contributed by atoms with E-state index in [-0.39, 0.29) is 0 Å². The van der Waals surface area contributed by atoms with Gasteiger partial charge in [-0.25, -0.2) is 0 Å². The smallest absolute Gasteiger partial charge is 0.0640 e. The molecule has 0 N–H and O–H groups in total. The molecule has 0 aromatic heterocycles. The highest BCUT2D eigenvalue weighted by Crippen LogP contribution is 2.40. The molecule has 0 amide bonds. The van der Waals surface area contributed by atoms with Crippen molar-refractivity contribution >= 4 is 6.08 Å². The summed E-state index contributed by atoms with van der Waals surface area (Å²) in [5.41, 5.74) is 2.96. The molecule has 3 rings (SSSR count). The lowest BCUT2D eigenvalue weighted by Crippen LogP contribution is -2.37. The zero-order valence-corrected chi connectivity index (χ0v) is 11.1. The third-order valence-corrected chi connectivity index (χ3v) is 4.39. The lowest BCUT2D eigenvalue weighted by Gasteiger charge is -2.40. The minimum absolute atomic E-state index is 0.491. The lowest BCUT2D eigenvalue weighted by molar-refractivity contribution is -0.0395. The average Bonchev–Trinajstić information content (AvgIpc) is 2.43. The molecule has 0 spiro atoms. The Morgan fingerprint density at radius 3 is 2.72 bits per heavy atom. The maximum Gasteiger partial charge on any atom is 0.0640 e. The van der Waals surface area contributed by atoms with E-state index in [1.807, 2.05) is 0 Å². The van der Waals surface area contributed by atoms with Gasteiger partial charge in [-0.3, -0.25) is 0 Å². The predicted octanol–water partition coefficient (Wildman–Crippen LogP) is 4.30. The van der Waals surface area contributed by atoms with E-state index in [0.29, 0.717) is 17.9 Å². The topological polar surface area (TPSA) is 9.23 Å². The van der Waals surface area contributed by atoms with Crippen LogP contribution in [0, 0.1) is 11.8 Å². The highest BCUT2D eigenvalue weighted by molar-refractivity contribution is 5.54. The van der Waals surface area contributed by atoms with Gasteiger partial charge in [0.05, 0.1) is 12.7 Å². The maximum atomic E-state index is 6.02. The molecule has 1 aliphatic carbocycles. The average molecular weight is 242 g/mol.